The van der Waals surface area contributed by atoms with E-state index in [1.54, 1.807) is 0 Å². The van der Waals surface area contributed by atoms with Gasteiger partial charge in [-0.3, -0.25) is 4.98 Å². The molecule has 37 heavy (non-hydrogen) atoms. The third-order valence-corrected chi connectivity index (χ3v) is 12.2. The number of aryl methyl sites for hydroxylation is 1. The number of benzene rings is 2. The zero-order chi connectivity index (χ0) is 26.8. The molecule has 2 atom stereocenters. The van der Waals surface area contributed by atoms with E-state index in [0.29, 0.717) is 6.61 Å². The highest BCUT2D eigenvalue weighted by molar-refractivity contribution is 6.99. The lowest BCUT2D eigenvalue weighted by Gasteiger charge is -2.44. The molecule has 0 radical (unpaired) electrons. The molecule has 196 valence electrons. The van der Waals surface area contributed by atoms with Crippen molar-refractivity contribution in [2.24, 2.45) is 5.92 Å². The van der Waals surface area contributed by atoms with Crippen LogP contribution in [-0.4, -0.2) is 31.6 Å². The van der Waals surface area contributed by atoms with Gasteiger partial charge < -0.3 is 14.5 Å². The van der Waals surface area contributed by atoms with Gasteiger partial charge in [0, 0.05) is 24.4 Å². The highest BCUT2D eigenvalue weighted by Gasteiger charge is 2.51. The molecule has 1 aromatic heterocycles. The van der Waals surface area contributed by atoms with E-state index in [1.807, 2.05) is 40.0 Å². The van der Waals surface area contributed by atoms with Gasteiger partial charge in [0.25, 0.3) is 8.32 Å². The Morgan fingerprint density at radius 2 is 1.51 bits per heavy atom. The van der Waals surface area contributed by atoms with Crippen LogP contribution in [0.15, 0.2) is 72.9 Å². The monoisotopic (exact) mass is 516 g/mol. The Bertz CT molecular complexity index is 1180. The van der Waals surface area contributed by atoms with Crippen LogP contribution < -0.4 is 15.7 Å². The average molecular weight is 517 g/mol. The second kappa shape index (κ2) is 10.4. The Balaban J connectivity index is 1.71. The van der Waals surface area contributed by atoms with Gasteiger partial charge in [-0.1, -0.05) is 81.4 Å². The zero-order valence-corrected chi connectivity index (χ0v) is 24.2. The number of aromatic nitrogens is 1. The number of nitrogens with one attached hydrogen (secondary N) is 1. The zero-order valence-electron chi connectivity index (χ0n) is 23.2. The molecule has 1 aliphatic rings. The fourth-order valence-corrected chi connectivity index (χ4v) is 10.2. The molecule has 0 saturated heterocycles. The molecule has 0 spiro atoms. The Hall–Kier alpha value is -2.96. The first kappa shape index (κ1) is 27.1. The standard InChI is InChI=1S/C31H40N2O3Si/c1-22-27-20-23(28(26(27)18-19-32-22)33-29(34)36-30(2,3)4)21-35-37(31(5,6)7,24-14-10-8-11-15-24)25-16-12-9-13-17-25/h8-19,23,28H,20-21H2,1-7H3,(H,33,34)/t23-,28-/m0/s1. The number of rotatable bonds is 6. The minimum Gasteiger partial charge on any atom is -0.444 e. The van der Waals surface area contributed by atoms with E-state index in [1.165, 1.54) is 15.9 Å². The van der Waals surface area contributed by atoms with Gasteiger partial charge in [-0.05, 0) is 66.7 Å². The van der Waals surface area contributed by atoms with Crippen LogP contribution in [-0.2, 0) is 15.6 Å². The van der Waals surface area contributed by atoms with Gasteiger partial charge in [-0.15, -0.1) is 0 Å². The number of carbonyl (C=O) groups is 1. The maximum atomic E-state index is 12.9. The Morgan fingerprint density at radius 3 is 2.03 bits per heavy atom. The summed E-state index contributed by atoms with van der Waals surface area (Å²) >= 11 is 0. The highest BCUT2D eigenvalue weighted by atomic mass is 28.4. The van der Waals surface area contributed by atoms with Crippen LogP contribution >= 0.6 is 0 Å². The molecule has 1 heterocycles. The van der Waals surface area contributed by atoms with Gasteiger partial charge >= 0.3 is 6.09 Å². The van der Waals surface area contributed by atoms with E-state index < -0.39 is 20.0 Å². The van der Waals surface area contributed by atoms with Crippen LogP contribution in [0.25, 0.3) is 0 Å². The second-order valence-corrected chi connectivity index (χ2v) is 16.3. The third-order valence-electron chi connectivity index (χ3n) is 7.18. The van der Waals surface area contributed by atoms with Gasteiger partial charge in [-0.2, -0.15) is 0 Å². The van der Waals surface area contributed by atoms with Crippen molar-refractivity contribution >= 4 is 24.8 Å². The molecular weight excluding hydrogens is 476 g/mol. The number of fused-ring (bicyclic) bond motifs is 1. The molecule has 1 amide bonds. The van der Waals surface area contributed by atoms with E-state index in [9.17, 15) is 4.79 Å². The number of alkyl carbamates (subject to hydrolysis) is 1. The summed E-state index contributed by atoms with van der Waals surface area (Å²) in [6.45, 7) is 15.1. The molecule has 2 aromatic carbocycles. The van der Waals surface area contributed by atoms with E-state index >= 15 is 0 Å². The largest absolute Gasteiger partial charge is 0.444 e. The van der Waals surface area contributed by atoms with Gasteiger partial charge in [0.1, 0.15) is 5.60 Å². The Labute approximate surface area is 222 Å². The molecule has 1 N–H and O–H groups in total. The summed E-state index contributed by atoms with van der Waals surface area (Å²) in [6.07, 6.45) is 2.21. The van der Waals surface area contributed by atoms with Crippen molar-refractivity contribution < 1.29 is 14.0 Å². The topological polar surface area (TPSA) is 60.5 Å². The average Bonchev–Trinajstić information content (AvgIpc) is 3.17. The normalized spacial score (nSPS) is 17.8. The SMILES string of the molecule is Cc1nccc2c1C[C@@H](CO[Si](c1ccccc1)(c1ccccc1)C(C)(C)C)[C@@H]2NC(=O)OC(C)(C)C. The van der Waals surface area contributed by atoms with Crippen LogP contribution in [0.3, 0.4) is 0 Å². The lowest BCUT2D eigenvalue weighted by molar-refractivity contribution is 0.0478. The van der Waals surface area contributed by atoms with Crippen molar-refractivity contribution in [1.82, 2.24) is 10.3 Å². The molecule has 6 heteroatoms. The van der Waals surface area contributed by atoms with Crippen LogP contribution in [0.1, 0.15) is 64.4 Å². The maximum Gasteiger partial charge on any atom is 0.408 e. The fourth-order valence-electron chi connectivity index (χ4n) is 5.59. The summed E-state index contributed by atoms with van der Waals surface area (Å²) in [5, 5.41) is 5.55. The van der Waals surface area contributed by atoms with Gasteiger partial charge in [0.15, 0.2) is 0 Å². The molecule has 0 fully saturated rings. The van der Waals surface area contributed by atoms with Crippen molar-refractivity contribution in [3.05, 3.63) is 89.7 Å². The first-order valence-corrected chi connectivity index (χ1v) is 15.0. The molecular formula is C31H40N2O3Si. The quantitative estimate of drug-likeness (QED) is 0.427. The molecule has 3 aromatic rings. The van der Waals surface area contributed by atoms with E-state index in [0.717, 1.165) is 17.7 Å². The number of pyridine rings is 1. The number of nitrogens with zero attached hydrogens (tertiary/aromatic N) is 1. The van der Waals surface area contributed by atoms with Crippen molar-refractivity contribution in [2.45, 2.75) is 71.6 Å². The van der Waals surface area contributed by atoms with Crippen molar-refractivity contribution in [3.8, 4) is 0 Å². The summed E-state index contributed by atoms with van der Waals surface area (Å²) < 4.78 is 12.9. The maximum absolute atomic E-state index is 12.9. The summed E-state index contributed by atoms with van der Waals surface area (Å²) in [6, 6.07) is 23.2. The van der Waals surface area contributed by atoms with Crippen molar-refractivity contribution in [1.29, 1.82) is 0 Å². The lowest BCUT2D eigenvalue weighted by Crippen LogP contribution is -2.67. The molecule has 0 bridgehead atoms. The van der Waals surface area contributed by atoms with Gasteiger partial charge in [-0.25, -0.2) is 4.79 Å². The number of amides is 1. The lowest BCUT2D eigenvalue weighted by atomic mass is 10.0. The molecule has 0 aliphatic heterocycles. The number of hydrogen-bond acceptors (Lipinski definition) is 4. The van der Waals surface area contributed by atoms with Gasteiger partial charge in [0.05, 0.1) is 6.04 Å². The Morgan fingerprint density at radius 1 is 0.946 bits per heavy atom. The third kappa shape index (κ3) is 5.65. The van der Waals surface area contributed by atoms with E-state index in [-0.39, 0.29) is 17.0 Å². The van der Waals surface area contributed by atoms with Crippen LogP contribution in [0.5, 0.6) is 0 Å². The first-order valence-electron chi connectivity index (χ1n) is 13.1. The molecule has 5 nitrogen and oxygen atoms in total. The van der Waals surface area contributed by atoms with Crippen LogP contribution in [0, 0.1) is 12.8 Å². The van der Waals surface area contributed by atoms with Crippen LogP contribution in [0.4, 0.5) is 4.79 Å². The molecule has 4 rings (SSSR count). The Kier molecular flexibility index (Phi) is 7.63. The predicted octanol–water partition coefficient (Wildman–Crippen LogP) is 5.70. The minimum atomic E-state index is -2.70. The smallest absolute Gasteiger partial charge is 0.408 e. The summed E-state index contributed by atoms with van der Waals surface area (Å²) in [7, 11) is -2.70. The predicted molar refractivity (Wildman–Crippen MR) is 152 cm³/mol. The summed E-state index contributed by atoms with van der Waals surface area (Å²) in [5.41, 5.74) is 2.73. The minimum absolute atomic E-state index is 0.0621. The molecule has 1 aliphatic carbocycles. The van der Waals surface area contributed by atoms with E-state index in [4.69, 9.17) is 9.16 Å². The second-order valence-electron chi connectivity index (χ2n) is 12.0. The number of hydrogen-bond donors (Lipinski definition) is 1. The van der Waals surface area contributed by atoms with Crippen molar-refractivity contribution in [2.75, 3.05) is 6.61 Å². The summed E-state index contributed by atoms with van der Waals surface area (Å²) in [5.74, 6) is 0.0621. The fraction of sp³-hybridized carbons (Fsp3) is 0.419. The van der Waals surface area contributed by atoms with Crippen LogP contribution in [0.2, 0.25) is 5.04 Å². The molecule has 0 unspecified atom stereocenters. The number of carbonyl (C=O) groups excluding carboxylic acids is 1. The highest BCUT2D eigenvalue weighted by Crippen LogP contribution is 2.41. The molecule has 0 saturated carbocycles. The van der Waals surface area contributed by atoms with Gasteiger partial charge in [0.2, 0.25) is 0 Å². The number of ether oxygens (including phenoxy) is 1. The van der Waals surface area contributed by atoms with Crippen molar-refractivity contribution in [3.63, 3.8) is 0 Å². The first-order chi connectivity index (χ1) is 17.4. The van der Waals surface area contributed by atoms with E-state index in [2.05, 4.69) is 91.7 Å². The summed E-state index contributed by atoms with van der Waals surface area (Å²) in [4.78, 5) is 17.4.